The molecule has 3 aliphatic heterocycles. The number of rotatable bonds is 6. The first kappa shape index (κ1) is 21.7. The Labute approximate surface area is 182 Å². The summed E-state index contributed by atoms with van der Waals surface area (Å²) in [6.45, 7) is 5.69. The van der Waals surface area contributed by atoms with Crippen LogP contribution in [0.1, 0.15) is 44.7 Å². The molecule has 0 saturated carbocycles. The fraction of sp³-hybridized carbons (Fsp3) is 0.609. The molecular weight excluding hydrogens is 397 g/mol. The maximum absolute atomic E-state index is 13.4. The van der Waals surface area contributed by atoms with E-state index < -0.39 is 12.1 Å². The number of benzene rings is 1. The molecule has 2 amide bonds. The first-order chi connectivity index (χ1) is 14.8. The molecule has 3 aliphatic rings. The number of amides is 2. The van der Waals surface area contributed by atoms with E-state index in [1.807, 2.05) is 9.80 Å². The van der Waals surface area contributed by atoms with Gasteiger partial charge in [-0.05, 0) is 42.9 Å². The second kappa shape index (κ2) is 8.56. The van der Waals surface area contributed by atoms with Gasteiger partial charge in [0.15, 0.2) is 0 Å². The molecule has 2 N–H and O–H groups in total. The van der Waals surface area contributed by atoms with Crippen LogP contribution in [0.2, 0.25) is 0 Å². The zero-order chi connectivity index (χ0) is 22.3. The molecule has 3 fully saturated rings. The smallest absolute Gasteiger partial charge is 0.241 e. The highest BCUT2D eigenvalue weighted by atomic mass is 19.1. The van der Waals surface area contributed by atoms with Crippen LogP contribution in [0.4, 0.5) is 4.39 Å². The molecule has 0 radical (unpaired) electrons. The van der Waals surface area contributed by atoms with Crippen molar-refractivity contribution in [2.75, 3.05) is 19.6 Å². The van der Waals surface area contributed by atoms with Gasteiger partial charge in [0, 0.05) is 25.7 Å². The summed E-state index contributed by atoms with van der Waals surface area (Å²) in [7, 11) is 0. The van der Waals surface area contributed by atoms with E-state index in [1.54, 1.807) is 17.0 Å². The largest absolute Gasteiger partial charge is 0.330 e. The first-order valence-electron chi connectivity index (χ1n) is 11.1. The lowest BCUT2D eigenvalue weighted by Crippen LogP contribution is -2.57. The van der Waals surface area contributed by atoms with E-state index in [9.17, 15) is 19.2 Å². The fourth-order valence-electron chi connectivity index (χ4n) is 5.49. The minimum absolute atomic E-state index is 0.0509. The molecule has 1 unspecified atom stereocenters. The Morgan fingerprint density at radius 1 is 1.32 bits per heavy atom. The fourth-order valence-corrected chi connectivity index (χ4v) is 5.49. The zero-order valence-electron chi connectivity index (χ0n) is 18.1. The summed E-state index contributed by atoms with van der Waals surface area (Å²) in [6.07, 6.45) is 2.23. The van der Waals surface area contributed by atoms with E-state index in [0.29, 0.717) is 32.5 Å². The van der Waals surface area contributed by atoms with Crippen molar-refractivity contribution in [3.05, 3.63) is 35.6 Å². The van der Waals surface area contributed by atoms with E-state index in [0.717, 1.165) is 12.0 Å². The SMILES string of the molecule is CC(C)[C@H](c1ccc(F)cc1)N1C(=O)[C@@H]2CC1CN2C[C@H](N)C(=O)N1CCC[C@H]1C#N. The molecule has 0 spiro atoms. The van der Waals surface area contributed by atoms with Crippen LogP contribution < -0.4 is 5.73 Å². The molecule has 8 heteroatoms. The molecule has 0 aliphatic carbocycles. The Bertz CT molecular complexity index is 883. The average Bonchev–Trinajstić information content (AvgIpc) is 3.44. The van der Waals surface area contributed by atoms with Crippen molar-refractivity contribution in [1.82, 2.24) is 14.7 Å². The van der Waals surface area contributed by atoms with Gasteiger partial charge in [-0.2, -0.15) is 5.26 Å². The zero-order valence-corrected chi connectivity index (χ0v) is 18.1. The number of carbonyl (C=O) groups is 2. The van der Waals surface area contributed by atoms with Crippen molar-refractivity contribution in [2.24, 2.45) is 11.7 Å². The van der Waals surface area contributed by atoms with Gasteiger partial charge in [-0.15, -0.1) is 0 Å². The second-order valence-corrected chi connectivity index (χ2v) is 9.27. The topological polar surface area (TPSA) is 93.7 Å². The molecule has 1 aromatic carbocycles. The minimum atomic E-state index is -0.743. The number of halogens is 1. The quantitative estimate of drug-likeness (QED) is 0.745. The minimum Gasteiger partial charge on any atom is -0.330 e. The molecule has 4 rings (SSSR count). The van der Waals surface area contributed by atoms with Gasteiger partial charge in [-0.3, -0.25) is 14.5 Å². The number of piperazine rings is 1. The summed E-state index contributed by atoms with van der Waals surface area (Å²) in [4.78, 5) is 31.6. The number of likely N-dealkylation sites (tertiary alicyclic amines) is 3. The van der Waals surface area contributed by atoms with Crippen LogP contribution in [0.25, 0.3) is 0 Å². The van der Waals surface area contributed by atoms with E-state index >= 15 is 0 Å². The lowest BCUT2D eigenvalue weighted by atomic mass is 9.93. The molecule has 166 valence electrons. The number of fused-ring (bicyclic) bond motifs is 2. The highest BCUT2D eigenvalue weighted by Gasteiger charge is 2.52. The van der Waals surface area contributed by atoms with Gasteiger partial charge in [0.25, 0.3) is 0 Å². The van der Waals surface area contributed by atoms with Crippen LogP contribution in [-0.4, -0.2) is 70.3 Å². The normalized spacial score (nSPS) is 27.7. The summed E-state index contributed by atoms with van der Waals surface area (Å²) in [6, 6.07) is 7.09. The Morgan fingerprint density at radius 2 is 2.03 bits per heavy atom. The highest BCUT2D eigenvalue weighted by Crippen LogP contribution is 2.41. The van der Waals surface area contributed by atoms with Crippen molar-refractivity contribution < 1.29 is 14.0 Å². The molecule has 7 nitrogen and oxygen atoms in total. The number of hydrogen-bond donors (Lipinski definition) is 1. The predicted molar refractivity (Wildman–Crippen MR) is 113 cm³/mol. The van der Waals surface area contributed by atoms with Gasteiger partial charge >= 0.3 is 0 Å². The van der Waals surface area contributed by atoms with E-state index in [-0.39, 0.29) is 41.7 Å². The molecule has 31 heavy (non-hydrogen) atoms. The maximum atomic E-state index is 13.4. The number of nitrogens with zero attached hydrogens (tertiary/aromatic N) is 4. The molecular formula is C23H30FN5O2. The van der Waals surface area contributed by atoms with Gasteiger partial charge in [-0.1, -0.05) is 26.0 Å². The molecule has 5 atom stereocenters. The van der Waals surface area contributed by atoms with Gasteiger partial charge in [0.2, 0.25) is 11.8 Å². The second-order valence-electron chi connectivity index (χ2n) is 9.27. The lowest BCUT2D eigenvalue weighted by molar-refractivity contribution is -0.142. The summed E-state index contributed by atoms with van der Waals surface area (Å²) >= 11 is 0. The van der Waals surface area contributed by atoms with Gasteiger partial charge in [0.1, 0.15) is 11.9 Å². The summed E-state index contributed by atoms with van der Waals surface area (Å²) in [5.74, 6) is -0.261. The number of nitrogens with two attached hydrogens (primary N) is 1. The lowest BCUT2D eigenvalue weighted by Gasteiger charge is -2.41. The van der Waals surface area contributed by atoms with E-state index in [2.05, 4.69) is 19.9 Å². The molecule has 3 saturated heterocycles. The van der Waals surface area contributed by atoms with Crippen molar-refractivity contribution in [3.8, 4) is 6.07 Å². The monoisotopic (exact) mass is 427 g/mol. The maximum Gasteiger partial charge on any atom is 0.241 e. The van der Waals surface area contributed by atoms with Crippen LogP contribution in [0, 0.1) is 23.1 Å². The van der Waals surface area contributed by atoms with E-state index in [1.165, 1.54) is 12.1 Å². The Hall–Kier alpha value is -2.50. The van der Waals surface area contributed by atoms with Gasteiger partial charge < -0.3 is 15.5 Å². The average molecular weight is 428 g/mol. The van der Waals surface area contributed by atoms with Crippen LogP contribution in [-0.2, 0) is 9.59 Å². The molecule has 2 bridgehead atoms. The summed E-state index contributed by atoms with van der Waals surface area (Å²) in [5, 5.41) is 9.24. The van der Waals surface area contributed by atoms with Crippen molar-refractivity contribution in [1.29, 1.82) is 5.26 Å². The standard InChI is InChI=1S/C23H30FN5O2/c1-14(2)21(15-5-7-16(24)8-6-15)29-18-10-20(23(29)31)27(12-18)13-19(26)22(30)28-9-3-4-17(28)11-25/h5-8,14,17-21H,3-4,9-10,12-13,26H2,1-2H3/t17-,18?,19-,20-,21+/m0/s1. The molecule has 3 heterocycles. The summed E-state index contributed by atoms with van der Waals surface area (Å²) in [5.41, 5.74) is 7.15. The van der Waals surface area contributed by atoms with Crippen molar-refractivity contribution in [3.63, 3.8) is 0 Å². The number of nitriles is 1. The Kier molecular flexibility index (Phi) is 6.00. The van der Waals surface area contributed by atoms with E-state index in [4.69, 9.17) is 5.73 Å². The van der Waals surface area contributed by atoms with Gasteiger partial charge in [0.05, 0.1) is 24.2 Å². The molecule has 1 aromatic rings. The van der Waals surface area contributed by atoms with Crippen molar-refractivity contribution >= 4 is 11.8 Å². The Morgan fingerprint density at radius 3 is 2.65 bits per heavy atom. The molecule has 0 aromatic heterocycles. The third-order valence-corrected chi connectivity index (χ3v) is 6.89. The third-order valence-electron chi connectivity index (χ3n) is 6.89. The van der Waals surface area contributed by atoms with Crippen LogP contribution in [0.15, 0.2) is 24.3 Å². The summed E-state index contributed by atoms with van der Waals surface area (Å²) < 4.78 is 13.4. The number of carbonyl (C=O) groups excluding carboxylic acids is 2. The number of hydrogen-bond acceptors (Lipinski definition) is 5. The van der Waals surface area contributed by atoms with Crippen molar-refractivity contribution in [2.45, 2.75) is 63.3 Å². The van der Waals surface area contributed by atoms with Gasteiger partial charge in [-0.25, -0.2) is 4.39 Å². The first-order valence-corrected chi connectivity index (χ1v) is 11.1. The van der Waals surface area contributed by atoms with Crippen LogP contribution in [0.3, 0.4) is 0 Å². The third kappa shape index (κ3) is 3.92. The highest BCUT2D eigenvalue weighted by molar-refractivity contribution is 5.87. The Balaban J connectivity index is 1.44. The van der Waals surface area contributed by atoms with Crippen LogP contribution >= 0.6 is 0 Å². The predicted octanol–water partition coefficient (Wildman–Crippen LogP) is 1.65. The van der Waals surface area contributed by atoms with Crippen LogP contribution in [0.5, 0.6) is 0 Å².